The van der Waals surface area contributed by atoms with Gasteiger partial charge in [-0.05, 0) is 41.1 Å². The quantitative estimate of drug-likeness (QED) is 0.172. The maximum atomic E-state index is 13.1. The smallest absolute Gasteiger partial charge is 0.293 e. The molecule has 7 nitrogen and oxygen atoms in total. The van der Waals surface area contributed by atoms with Gasteiger partial charge in [-0.25, -0.2) is 0 Å². The van der Waals surface area contributed by atoms with E-state index in [2.05, 4.69) is 6.92 Å². The Balaban J connectivity index is 1.69. The minimum atomic E-state index is -0.514. The molecule has 3 aromatic rings. The Morgan fingerprint density at radius 1 is 1.06 bits per heavy atom. The van der Waals surface area contributed by atoms with Crippen molar-refractivity contribution in [2.45, 2.75) is 26.3 Å². The van der Waals surface area contributed by atoms with E-state index >= 15 is 0 Å². The Kier molecular flexibility index (Phi) is 6.74. The van der Waals surface area contributed by atoms with Crippen molar-refractivity contribution in [3.8, 4) is 5.75 Å². The zero-order valence-corrected chi connectivity index (χ0v) is 18.8. The molecule has 0 spiro atoms. The molecule has 3 aromatic carbocycles. The van der Waals surface area contributed by atoms with Crippen LogP contribution in [0, 0.1) is 10.1 Å². The van der Waals surface area contributed by atoms with Crippen LogP contribution < -0.4 is 4.74 Å². The molecule has 0 aliphatic carbocycles. The zero-order chi connectivity index (χ0) is 23.4. The average Bonchev–Trinajstić information content (AvgIpc) is 3.08. The molecule has 1 saturated heterocycles. The number of nitrogens with zero attached hydrogens (tertiary/aromatic N) is 2. The van der Waals surface area contributed by atoms with Crippen LogP contribution in [0.3, 0.4) is 0 Å². The number of nitro benzene ring substituents is 1. The fourth-order valence-electron chi connectivity index (χ4n) is 3.64. The van der Waals surface area contributed by atoms with E-state index in [1.54, 1.807) is 24.3 Å². The van der Waals surface area contributed by atoms with E-state index in [1.807, 2.05) is 36.4 Å². The van der Waals surface area contributed by atoms with Crippen LogP contribution in [-0.4, -0.2) is 27.6 Å². The van der Waals surface area contributed by atoms with E-state index in [-0.39, 0.29) is 17.1 Å². The average molecular weight is 463 g/mol. The topological polar surface area (TPSA) is 89.8 Å². The van der Waals surface area contributed by atoms with Crippen molar-refractivity contribution in [3.63, 3.8) is 0 Å². The molecule has 8 heteroatoms. The molecular weight excluding hydrogens is 440 g/mol. The molecule has 1 fully saturated rings. The Morgan fingerprint density at radius 2 is 1.82 bits per heavy atom. The van der Waals surface area contributed by atoms with Crippen LogP contribution in [0.5, 0.6) is 5.75 Å². The number of rotatable bonds is 8. The van der Waals surface area contributed by atoms with Gasteiger partial charge in [0.2, 0.25) is 0 Å². The van der Waals surface area contributed by atoms with Crippen molar-refractivity contribution in [2.75, 3.05) is 6.61 Å². The van der Waals surface area contributed by atoms with E-state index in [4.69, 9.17) is 4.74 Å². The number of hydrogen-bond donors (Lipinski definition) is 0. The van der Waals surface area contributed by atoms with Crippen LogP contribution in [0.2, 0.25) is 0 Å². The third-order valence-electron chi connectivity index (χ3n) is 5.35. The highest BCUT2D eigenvalue weighted by Crippen LogP contribution is 2.38. The lowest BCUT2D eigenvalue weighted by Gasteiger charge is -2.13. The normalized spacial score (nSPS) is 14.9. The molecular formula is C25H22N2O5S. The summed E-state index contributed by atoms with van der Waals surface area (Å²) in [6.45, 7) is 2.47. The maximum Gasteiger partial charge on any atom is 0.293 e. The molecule has 1 aliphatic rings. The summed E-state index contributed by atoms with van der Waals surface area (Å²) in [6.07, 6.45) is 3.58. The molecule has 0 aromatic heterocycles. The fourth-order valence-corrected chi connectivity index (χ4v) is 4.46. The number of benzene rings is 3. The van der Waals surface area contributed by atoms with Crippen LogP contribution >= 0.6 is 11.8 Å². The lowest BCUT2D eigenvalue weighted by Crippen LogP contribution is -2.27. The number of imide groups is 1. The summed E-state index contributed by atoms with van der Waals surface area (Å²) in [5.74, 6) is 0.170. The fraction of sp³-hybridized carbons (Fsp3) is 0.200. The van der Waals surface area contributed by atoms with E-state index in [0.29, 0.717) is 17.9 Å². The molecule has 0 saturated carbocycles. The second-order valence-corrected chi connectivity index (χ2v) is 8.55. The zero-order valence-electron chi connectivity index (χ0n) is 18.0. The van der Waals surface area contributed by atoms with Crippen molar-refractivity contribution < 1.29 is 19.2 Å². The Hall–Kier alpha value is -3.65. The highest BCUT2D eigenvalue weighted by molar-refractivity contribution is 8.18. The third kappa shape index (κ3) is 4.75. The van der Waals surface area contributed by atoms with Crippen molar-refractivity contribution >= 4 is 45.4 Å². The van der Waals surface area contributed by atoms with Crippen LogP contribution in [0.4, 0.5) is 10.5 Å². The van der Waals surface area contributed by atoms with Crippen molar-refractivity contribution in [1.29, 1.82) is 0 Å². The van der Waals surface area contributed by atoms with Crippen LogP contribution in [-0.2, 0) is 11.3 Å². The summed E-state index contributed by atoms with van der Waals surface area (Å²) >= 11 is 0.829. The van der Waals surface area contributed by atoms with Crippen LogP contribution in [0.25, 0.3) is 16.8 Å². The highest BCUT2D eigenvalue weighted by atomic mass is 32.2. The summed E-state index contributed by atoms with van der Waals surface area (Å²) in [5.41, 5.74) is 0.918. The number of hydrogen-bond acceptors (Lipinski definition) is 6. The summed E-state index contributed by atoms with van der Waals surface area (Å²) in [7, 11) is 0. The molecule has 1 heterocycles. The molecule has 2 amide bonds. The van der Waals surface area contributed by atoms with Gasteiger partial charge in [0.05, 0.1) is 23.0 Å². The summed E-state index contributed by atoms with van der Waals surface area (Å²) in [5, 5.41) is 12.8. The molecule has 0 unspecified atom stereocenters. The molecule has 4 rings (SSSR count). The predicted octanol–water partition coefficient (Wildman–Crippen LogP) is 6.16. The van der Waals surface area contributed by atoms with Gasteiger partial charge in [-0.15, -0.1) is 0 Å². The summed E-state index contributed by atoms with van der Waals surface area (Å²) in [6, 6.07) is 17.7. The van der Waals surface area contributed by atoms with Gasteiger partial charge < -0.3 is 4.74 Å². The molecule has 0 N–H and O–H groups in total. The molecule has 0 bridgehead atoms. The van der Waals surface area contributed by atoms with Gasteiger partial charge in [0.1, 0.15) is 5.75 Å². The number of carbonyl (C=O) groups excluding carboxylic acids is 2. The van der Waals surface area contributed by atoms with Crippen molar-refractivity contribution in [2.24, 2.45) is 0 Å². The minimum absolute atomic E-state index is 0.124. The number of amides is 2. The number of unbranched alkanes of at least 4 members (excludes halogenated alkanes) is 1. The molecule has 0 atom stereocenters. The lowest BCUT2D eigenvalue weighted by molar-refractivity contribution is -0.385. The van der Waals surface area contributed by atoms with Gasteiger partial charge >= 0.3 is 0 Å². The SMILES string of the molecule is CCCCOc1ccc2ccccc2c1/C=C1/SC(=O)N(Cc2ccccc2[N+](=O)[O-])C1=O. The molecule has 0 radical (unpaired) electrons. The first-order valence-electron chi connectivity index (χ1n) is 10.6. The van der Waals surface area contributed by atoms with E-state index in [9.17, 15) is 19.7 Å². The Morgan fingerprint density at radius 3 is 2.61 bits per heavy atom. The predicted molar refractivity (Wildman–Crippen MR) is 129 cm³/mol. The molecule has 1 aliphatic heterocycles. The lowest BCUT2D eigenvalue weighted by atomic mass is 10.0. The van der Waals surface area contributed by atoms with Gasteiger partial charge in [0.25, 0.3) is 16.8 Å². The molecule has 33 heavy (non-hydrogen) atoms. The van der Waals surface area contributed by atoms with Crippen LogP contribution in [0.15, 0.2) is 65.6 Å². The van der Waals surface area contributed by atoms with Gasteiger partial charge in [0.15, 0.2) is 0 Å². The first-order valence-corrected chi connectivity index (χ1v) is 11.4. The van der Waals surface area contributed by atoms with Gasteiger partial charge in [-0.1, -0.05) is 61.9 Å². The second kappa shape index (κ2) is 9.87. The molecule has 168 valence electrons. The first kappa shape index (κ1) is 22.5. The van der Waals surface area contributed by atoms with Crippen molar-refractivity contribution in [3.05, 3.63) is 86.8 Å². The van der Waals surface area contributed by atoms with Gasteiger partial charge in [-0.2, -0.15) is 0 Å². The Bertz CT molecular complexity index is 1270. The summed E-state index contributed by atoms with van der Waals surface area (Å²) in [4.78, 5) is 37.9. The van der Waals surface area contributed by atoms with Crippen LogP contribution in [0.1, 0.15) is 30.9 Å². The number of thioether (sulfide) groups is 1. The van der Waals surface area contributed by atoms with Gasteiger partial charge in [-0.3, -0.25) is 24.6 Å². The second-order valence-electron chi connectivity index (χ2n) is 7.55. The third-order valence-corrected chi connectivity index (χ3v) is 6.26. The van der Waals surface area contributed by atoms with Gasteiger partial charge in [0, 0.05) is 17.2 Å². The standard InChI is InChI=1S/C25H22N2O5S/c1-2-3-14-32-22-13-12-17-8-4-6-10-19(17)20(22)15-23-24(28)26(25(29)33-23)16-18-9-5-7-11-21(18)27(30)31/h4-13,15H,2-3,14,16H2,1H3/b23-15+. The summed E-state index contributed by atoms with van der Waals surface area (Å²) < 4.78 is 5.98. The number of ether oxygens (including phenoxy) is 1. The van der Waals surface area contributed by atoms with E-state index in [0.717, 1.165) is 45.8 Å². The number of carbonyl (C=O) groups is 2. The first-order chi connectivity index (χ1) is 16.0. The van der Waals surface area contributed by atoms with E-state index < -0.39 is 16.1 Å². The minimum Gasteiger partial charge on any atom is -0.493 e. The monoisotopic (exact) mass is 462 g/mol. The number of nitro groups is 1. The Labute approximate surface area is 195 Å². The van der Waals surface area contributed by atoms with Crippen molar-refractivity contribution in [1.82, 2.24) is 4.90 Å². The highest BCUT2D eigenvalue weighted by Gasteiger charge is 2.36. The number of fused-ring (bicyclic) bond motifs is 1. The maximum absolute atomic E-state index is 13.1. The number of para-hydroxylation sites is 1. The largest absolute Gasteiger partial charge is 0.493 e. The van der Waals surface area contributed by atoms with E-state index in [1.165, 1.54) is 6.07 Å².